The van der Waals surface area contributed by atoms with Crippen molar-refractivity contribution in [2.24, 2.45) is 0 Å². The van der Waals surface area contributed by atoms with Gasteiger partial charge in [-0.05, 0) is 24.9 Å². The molecule has 0 bridgehead atoms. The van der Waals surface area contributed by atoms with Gasteiger partial charge >= 0.3 is 0 Å². The van der Waals surface area contributed by atoms with E-state index in [4.69, 9.17) is 5.11 Å². The first kappa shape index (κ1) is 12.3. The zero-order chi connectivity index (χ0) is 12.1. The Morgan fingerprint density at radius 3 is 2.71 bits per heavy atom. The van der Waals surface area contributed by atoms with Crippen LogP contribution in [0, 0.1) is 0 Å². The first-order valence-corrected chi connectivity index (χ1v) is 6.25. The van der Waals surface area contributed by atoms with Gasteiger partial charge in [-0.3, -0.25) is 4.79 Å². The minimum absolute atomic E-state index is 0.0874. The number of ketones is 1. The van der Waals surface area contributed by atoms with E-state index in [9.17, 15) is 4.79 Å². The van der Waals surface area contributed by atoms with E-state index in [1.165, 1.54) is 6.42 Å². The molecule has 0 amide bonds. The Labute approximate surface area is 102 Å². The summed E-state index contributed by atoms with van der Waals surface area (Å²) in [5, 5.41) is 12.5. The fourth-order valence-electron chi connectivity index (χ4n) is 2.56. The highest BCUT2D eigenvalue weighted by molar-refractivity contribution is 5.87. The van der Waals surface area contributed by atoms with E-state index in [0.717, 1.165) is 24.9 Å². The number of carbonyl (C=O) groups excluding carboxylic acids is 1. The van der Waals surface area contributed by atoms with Crippen LogP contribution in [0.3, 0.4) is 0 Å². The van der Waals surface area contributed by atoms with Crippen LogP contribution < -0.4 is 5.32 Å². The van der Waals surface area contributed by atoms with Crippen molar-refractivity contribution >= 4 is 5.78 Å². The van der Waals surface area contributed by atoms with Crippen molar-refractivity contribution in [2.45, 2.75) is 31.2 Å². The summed E-state index contributed by atoms with van der Waals surface area (Å²) in [6, 6.07) is 9.93. The van der Waals surface area contributed by atoms with E-state index in [0.29, 0.717) is 0 Å². The van der Waals surface area contributed by atoms with E-state index < -0.39 is 0 Å². The van der Waals surface area contributed by atoms with Gasteiger partial charge in [-0.2, -0.15) is 0 Å². The van der Waals surface area contributed by atoms with Crippen LogP contribution in [-0.4, -0.2) is 30.1 Å². The number of rotatable bonds is 4. The van der Waals surface area contributed by atoms with Crippen molar-refractivity contribution in [3.63, 3.8) is 0 Å². The Hall–Kier alpha value is -1.19. The SMILES string of the molecule is O=C(CO)C(c1ccccc1)C1CCCCN1. The summed E-state index contributed by atoms with van der Waals surface area (Å²) in [5.41, 5.74) is 1.01. The molecule has 1 aromatic rings. The molecular formula is C14H19NO2. The normalized spacial score (nSPS) is 22.1. The first-order chi connectivity index (χ1) is 8.33. The van der Waals surface area contributed by atoms with Crippen LogP contribution in [0.15, 0.2) is 30.3 Å². The standard InChI is InChI=1S/C14H19NO2/c16-10-13(17)14(11-6-2-1-3-7-11)12-8-4-5-9-15-12/h1-3,6-7,12,14-16H,4-5,8-10H2. The van der Waals surface area contributed by atoms with Crippen molar-refractivity contribution in [3.8, 4) is 0 Å². The second-order valence-corrected chi connectivity index (χ2v) is 4.57. The first-order valence-electron chi connectivity index (χ1n) is 6.25. The highest BCUT2D eigenvalue weighted by Gasteiger charge is 2.29. The molecule has 0 saturated carbocycles. The van der Waals surface area contributed by atoms with Gasteiger partial charge in [0.25, 0.3) is 0 Å². The lowest BCUT2D eigenvalue weighted by Crippen LogP contribution is -2.42. The Bertz CT molecular complexity index is 358. The summed E-state index contributed by atoms with van der Waals surface area (Å²) in [5.74, 6) is -0.294. The molecule has 3 nitrogen and oxygen atoms in total. The molecule has 2 rings (SSSR count). The molecule has 2 unspecified atom stereocenters. The number of aliphatic hydroxyl groups excluding tert-OH is 1. The van der Waals surface area contributed by atoms with E-state index in [-0.39, 0.29) is 24.3 Å². The van der Waals surface area contributed by atoms with Gasteiger partial charge in [-0.1, -0.05) is 36.8 Å². The van der Waals surface area contributed by atoms with Crippen LogP contribution in [0.25, 0.3) is 0 Å². The van der Waals surface area contributed by atoms with Crippen LogP contribution in [0.2, 0.25) is 0 Å². The Morgan fingerprint density at radius 2 is 2.12 bits per heavy atom. The fourth-order valence-corrected chi connectivity index (χ4v) is 2.56. The van der Waals surface area contributed by atoms with Gasteiger partial charge in [0.2, 0.25) is 0 Å². The summed E-state index contributed by atoms with van der Waals surface area (Å²) < 4.78 is 0. The number of Topliss-reactive ketones (excluding diaryl/α,β-unsaturated/α-hetero) is 1. The highest BCUT2D eigenvalue weighted by Crippen LogP contribution is 2.26. The summed E-state index contributed by atoms with van der Waals surface area (Å²) in [4.78, 5) is 11.9. The van der Waals surface area contributed by atoms with Gasteiger partial charge in [-0.25, -0.2) is 0 Å². The average molecular weight is 233 g/mol. The minimum atomic E-state index is -0.377. The van der Waals surface area contributed by atoms with Crippen molar-refractivity contribution in [1.82, 2.24) is 5.32 Å². The fraction of sp³-hybridized carbons (Fsp3) is 0.500. The average Bonchev–Trinajstić information content (AvgIpc) is 2.41. The molecule has 2 N–H and O–H groups in total. The molecule has 1 aliphatic heterocycles. The minimum Gasteiger partial charge on any atom is -0.389 e. The van der Waals surface area contributed by atoms with Crippen LogP contribution in [-0.2, 0) is 4.79 Å². The lowest BCUT2D eigenvalue weighted by molar-refractivity contribution is -0.124. The zero-order valence-electron chi connectivity index (χ0n) is 9.93. The lowest BCUT2D eigenvalue weighted by Gasteiger charge is -2.30. The molecule has 0 aromatic heterocycles. The number of piperidine rings is 1. The molecule has 0 spiro atoms. The van der Waals surface area contributed by atoms with Gasteiger partial charge in [0, 0.05) is 6.04 Å². The van der Waals surface area contributed by atoms with Gasteiger partial charge in [0.1, 0.15) is 6.61 Å². The monoisotopic (exact) mass is 233 g/mol. The molecule has 1 heterocycles. The highest BCUT2D eigenvalue weighted by atomic mass is 16.3. The number of hydrogen-bond acceptors (Lipinski definition) is 3. The largest absolute Gasteiger partial charge is 0.389 e. The van der Waals surface area contributed by atoms with Crippen molar-refractivity contribution in [3.05, 3.63) is 35.9 Å². The Morgan fingerprint density at radius 1 is 1.35 bits per heavy atom. The molecular weight excluding hydrogens is 214 g/mol. The molecule has 1 fully saturated rings. The van der Waals surface area contributed by atoms with Crippen molar-refractivity contribution < 1.29 is 9.90 Å². The molecule has 0 radical (unpaired) electrons. The number of carbonyl (C=O) groups is 1. The molecule has 1 aliphatic rings. The van der Waals surface area contributed by atoms with Crippen molar-refractivity contribution in [1.29, 1.82) is 0 Å². The Kier molecular flexibility index (Phi) is 4.29. The van der Waals surface area contributed by atoms with E-state index in [2.05, 4.69) is 5.32 Å². The third kappa shape index (κ3) is 2.93. The zero-order valence-corrected chi connectivity index (χ0v) is 9.93. The van der Waals surface area contributed by atoms with E-state index in [1.807, 2.05) is 30.3 Å². The summed E-state index contributed by atoms with van der Waals surface area (Å²) >= 11 is 0. The summed E-state index contributed by atoms with van der Waals surface area (Å²) in [7, 11) is 0. The maximum absolute atomic E-state index is 11.9. The van der Waals surface area contributed by atoms with Gasteiger partial charge < -0.3 is 10.4 Å². The molecule has 3 heteroatoms. The van der Waals surface area contributed by atoms with Gasteiger partial charge in [-0.15, -0.1) is 0 Å². The Balaban J connectivity index is 2.21. The number of hydrogen-bond donors (Lipinski definition) is 2. The third-order valence-corrected chi connectivity index (χ3v) is 3.41. The number of benzene rings is 1. The lowest BCUT2D eigenvalue weighted by atomic mass is 9.84. The maximum Gasteiger partial charge on any atom is 0.167 e. The third-order valence-electron chi connectivity index (χ3n) is 3.41. The number of aliphatic hydroxyl groups is 1. The van der Waals surface area contributed by atoms with Crippen LogP contribution in [0.1, 0.15) is 30.7 Å². The molecule has 1 saturated heterocycles. The number of nitrogens with one attached hydrogen (secondary N) is 1. The van der Waals surface area contributed by atoms with Gasteiger partial charge in [0.05, 0.1) is 5.92 Å². The topological polar surface area (TPSA) is 49.3 Å². The molecule has 1 aromatic carbocycles. The molecule has 92 valence electrons. The van der Waals surface area contributed by atoms with E-state index in [1.54, 1.807) is 0 Å². The molecule has 2 atom stereocenters. The van der Waals surface area contributed by atoms with Crippen LogP contribution >= 0.6 is 0 Å². The molecule has 0 aliphatic carbocycles. The van der Waals surface area contributed by atoms with Crippen molar-refractivity contribution in [2.75, 3.05) is 13.2 Å². The second kappa shape index (κ2) is 5.94. The quantitative estimate of drug-likeness (QED) is 0.828. The predicted octanol–water partition coefficient (Wildman–Crippen LogP) is 1.47. The molecule has 17 heavy (non-hydrogen) atoms. The van der Waals surface area contributed by atoms with Crippen LogP contribution in [0.5, 0.6) is 0 Å². The van der Waals surface area contributed by atoms with Crippen LogP contribution in [0.4, 0.5) is 0 Å². The summed E-state index contributed by atoms with van der Waals surface area (Å²) in [6.45, 7) is 0.588. The summed E-state index contributed by atoms with van der Waals surface area (Å²) in [6.07, 6.45) is 3.33. The van der Waals surface area contributed by atoms with E-state index >= 15 is 0 Å². The van der Waals surface area contributed by atoms with Gasteiger partial charge in [0.15, 0.2) is 5.78 Å². The smallest absolute Gasteiger partial charge is 0.167 e. The second-order valence-electron chi connectivity index (χ2n) is 4.57. The maximum atomic E-state index is 11.9. The predicted molar refractivity (Wildman–Crippen MR) is 66.9 cm³/mol.